The molecule has 1 aromatic carbocycles. The highest BCUT2D eigenvalue weighted by Gasteiger charge is 2.28. The van der Waals surface area contributed by atoms with Crippen LogP contribution in [0.5, 0.6) is 0 Å². The number of nitrogen functional groups attached to an aromatic ring is 1. The van der Waals surface area contributed by atoms with Crippen molar-refractivity contribution in [1.82, 2.24) is 9.88 Å². The first-order valence-electron chi connectivity index (χ1n) is 7.29. The molecule has 3 nitrogen and oxygen atoms in total. The third-order valence-electron chi connectivity index (χ3n) is 3.90. The molecule has 1 saturated carbocycles. The number of anilines is 1. The number of hydrogen-bond acceptors (Lipinski definition) is 3. The lowest BCUT2D eigenvalue weighted by atomic mass is 10.1. The van der Waals surface area contributed by atoms with Crippen LogP contribution < -0.4 is 5.73 Å². The minimum atomic E-state index is 0.742. The molecule has 1 aromatic heterocycles. The molecule has 0 saturated heterocycles. The highest BCUT2D eigenvalue weighted by molar-refractivity contribution is 5.46. The van der Waals surface area contributed by atoms with E-state index < -0.39 is 0 Å². The fourth-order valence-electron chi connectivity index (χ4n) is 2.55. The van der Waals surface area contributed by atoms with Crippen LogP contribution in [0.1, 0.15) is 24.0 Å². The molecule has 0 atom stereocenters. The number of rotatable bonds is 6. The van der Waals surface area contributed by atoms with Gasteiger partial charge in [-0.15, -0.1) is 0 Å². The summed E-state index contributed by atoms with van der Waals surface area (Å²) in [4.78, 5) is 6.74. The van der Waals surface area contributed by atoms with Crippen molar-refractivity contribution >= 4 is 5.69 Å². The van der Waals surface area contributed by atoms with Gasteiger partial charge in [0.2, 0.25) is 0 Å². The predicted molar refractivity (Wildman–Crippen MR) is 82.2 cm³/mol. The number of pyridine rings is 1. The van der Waals surface area contributed by atoms with Crippen LogP contribution in [0.3, 0.4) is 0 Å². The first kappa shape index (κ1) is 13.1. The molecule has 20 heavy (non-hydrogen) atoms. The molecule has 0 bridgehead atoms. The van der Waals surface area contributed by atoms with E-state index in [0.717, 1.165) is 31.2 Å². The van der Waals surface area contributed by atoms with Gasteiger partial charge in [-0.05, 0) is 42.5 Å². The Morgan fingerprint density at radius 1 is 1.15 bits per heavy atom. The number of benzene rings is 1. The summed E-state index contributed by atoms with van der Waals surface area (Å²) in [5.41, 5.74) is 9.51. The largest absolute Gasteiger partial charge is 0.398 e. The molecule has 0 aliphatic heterocycles. The molecular formula is C17H21N3. The van der Waals surface area contributed by atoms with E-state index in [1.165, 1.54) is 24.0 Å². The average Bonchev–Trinajstić information content (AvgIpc) is 3.31. The molecule has 2 N–H and O–H groups in total. The van der Waals surface area contributed by atoms with Gasteiger partial charge in [-0.25, -0.2) is 0 Å². The van der Waals surface area contributed by atoms with E-state index in [4.69, 9.17) is 5.73 Å². The number of nitrogens with zero attached hydrogens (tertiary/aromatic N) is 2. The lowest BCUT2D eigenvalue weighted by molar-refractivity contribution is 0.258. The van der Waals surface area contributed by atoms with Crippen LogP contribution in [0.25, 0.3) is 0 Å². The van der Waals surface area contributed by atoms with Crippen molar-refractivity contribution in [2.45, 2.75) is 31.8 Å². The fourth-order valence-corrected chi connectivity index (χ4v) is 2.55. The van der Waals surface area contributed by atoms with Crippen molar-refractivity contribution in [2.24, 2.45) is 0 Å². The minimum absolute atomic E-state index is 0.742. The lowest BCUT2D eigenvalue weighted by Gasteiger charge is -2.22. The molecule has 1 fully saturated rings. The summed E-state index contributed by atoms with van der Waals surface area (Å²) in [7, 11) is 0. The maximum atomic E-state index is 6.06. The van der Waals surface area contributed by atoms with Crippen LogP contribution in [-0.2, 0) is 13.0 Å². The van der Waals surface area contributed by atoms with Crippen LogP contribution in [0.15, 0.2) is 48.8 Å². The van der Waals surface area contributed by atoms with Crippen LogP contribution in [0.4, 0.5) is 5.69 Å². The van der Waals surface area contributed by atoms with Gasteiger partial charge >= 0.3 is 0 Å². The quantitative estimate of drug-likeness (QED) is 0.818. The zero-order chi connectivity index (χ0) is 13.8. The first-order valence-corrected chi connectivity index (χ1v) is 7.29. The summed E-state index contributed by atoms with van der Waals surface area (Å²) in [6, 6.07) is 13.1. The molecule has 104 valence electrons. The van der Waals surface area contributed by atoms with Crippen molar-refractivity contribution in [3.05, 3.63) is 59.9 Å². The Hall–Kier alpha value is -1.87. The summed E-state index contributed by atoms with van der Waals surface area (Å²) in [5.74, 6) is 0. The SMILES string of the molecule is Nc1ccccc1CN(CCc1cccnc1)C1CC1. The normalized spacial score (nSPS) is 14.7. The number of para-hydroxylation sites is 1. The van der Waals surface area contributed by atoms with Gasteiger partial charge in [0.25, 0.3) is 0 Å². The highest BCUT2D eigenvalue weighted by Crippen LogP contribution is 2.29. The third-order valence-corrected chi connectivity index (χ3v) is 3.90. The molecule has 1 heterocycles. The van der Waals surface area contributed by atoms with Crippen molar-refractivity contribution in [2.75, 3.05) is 12.3 Å². The molecule has 0 spiro atoms. The Morgan fingerprint density at radius 3 is 2.70 bits per heavy atom. The van der Waals surface area contributed by atoms with Gasteiger partial charge in [-0.2, -0.15) is 0 Å². The molecular weight excluding hydrogens is 246 g/mol. The van der Waals surface area contributed by atoms with E-state index in [-0.39, 0.29) is 0 Å². The monoisotopic (exact) mass is 267 g/mol. The maximum Gasteiger partial charge on any atom is 0.0359 e. The summed E-state index contributed by atoms with van der Waals surface area (Å²) in [6.45, 7) is 2.03. The standard InChI is InChI=1S/C17H21N3/c18-17-6-2-1-5-15(17)13-20(16-7-8-16)11-9-14-4-3-10-19-12-14/h1-6,10,12,16H,7-9,11,13,18H2. The van der Waals surface area contributed by atoms with Gasteiger partial charge in [0.05, 0.1) is 0 Å². The minimum Gasteiger partial charge on any atom is -0.398 e. The summed E-state index contributed by atoms with van der Waals surface area (Å²) in [6.07, 6.45) is 7.48. The maximum absolute atomic E-state index is 6.06. The molecule has 3 heteroatoms. The second-order valence-electron chi connectivity index (χ2n) is 5.51. The molecule has 3 rings (SSSR count). The zero-order valence-electron chi connectivity index (χ0n) is 11.7. The van der Waals surface area contributed by atoms with Gasteiger partial charge in [0.1, 0.15) is 0 Å². The highest BCUT2D eigenvalue weighted by atomic mass is 15.2. The topological polar surface area (TPSA) is 42.1 Å². The van der Waals surface area contributed by atoms with Gasteiger partial charge in [-0.1, -0.05) is 24.3 Å². The van der Waals surface area contributed by atoms with Crippen LogP contribution >= 0.6 is 0 Å². The third kappa shape index (κ3) is 3.36. The molecule has 1 aliphatic rings. The predicted octanol–water partition coefficient (Wildman–Crippen LogP) is 2.87. The Morgan fingerprint density at radius 2 is 2.00 bits per heavy atom. The number of nitrogens with two attached hydrogens (primary N) is 1. The second-order valence-corrected chi connectivity index (χ2v) is 5.51. The van der Waals surface area contributed by atoms with Gasteiger partial charge in [0, 0.05) is 37.2 Å². The molecule has 0 unspecified atom stereocenters. The smallest absolute Gasteiger partial charge is 0.0359 e. The molecule has 2 aromatic rings. The summed E-state index contributed by atoms with van der Waals surface area (Å²) in [5, 5.41) is 0. The van der Waals surface area contributed by atoms with Gasteiger partial charge in [-0.3, -0.25) is 9.88 Å². The Balaban J connectivity index is 1.63. The van der Waals surface area contributed by atoms with E-state index in [9.17, 15) is 0 Å². The first-order chi connectivity index (χ1) is 9.83. The Kier molecular flexibility index (Phi) is 3.97. The number of aromatic nitrogens is 1. The van der Waals surface area contributed by atoms with Crippen molar-refractivity contribution < 1.29 is 0 Å². The van der Waals surface area contributed by atoms with E-state index in [2.05, 4.69) is 28.1 Å². The zero-order valence-corrected chi connectivity index (χ0v) is 11.7. The van der Waals surface area contributed by atoms with Crippen LogP contribution in [0.2, 0.25) is 0 Å². The Labute approximate surface area is 120 Å². The molecule has 0 amide bonds. The number of hydrogen-bond donors (Lipinski definition) is 1. The van der Waals surface area contributed by atoms with Gasteiger partial charge < -0.3 is 5.73 Å². The van der Waals surface area contributed by atoms with E-state index in [1.807, 2.05) is 30.6 Å². The molecule has 0 radical (unpaired) electrons. The lowest BCUT2D eigenvalue weighted by Crippen LogP contribution is -2.28. The summed E-state index contributed by atoms with van der Waals surface area (Å²) < 4.78 is 0. The summed E-state index contributed by atoms with van der Waals surface area (Å²) >= 11 is 0. The van der Waals surface area contributed by atoms with Gasteiger partial charge in [0.15, 0.2) is 0 Å². The van der Waals surface area contributed by atoms with E-state index in [1.54, 1.807) is 0 Å². The Bertz CT molecular complexity index is 549. The fraction of sp³-hybridized carbons (Fsp3) is 0.353. The van der Waals surface area contributed by atoms with Crippen molar-refractivity contribution in [1.29, 1.82) is 0 Å². The van der Waals surface area contributed by atoms with Crippen LogP contribution in [0, 0.1) is 0 Å². The van der Waals surface area contributed by atoms with Crippen molar-refractivity contribution in [3.8, 4) is 0 Å². The second kappa shape index (κ2) is 6.06. The van der Waals surface area contributed by atoms with E-state index in [0.29, 0.717) is 0 Å². The van der Waals surface area contributed by atoms with Crippen molar-refractivity contribution in [3.63, 3.8) is 0 Å². The molecule has 1 aliphatic carbocycles. The van der Waals surface area contributed by atoms with E-state index >= 15 is 0 Å². The average molecular weight is 267 g/mol. The van der Waals surface area contributed by atoms with Crippen LogP contribution in [-0.4, -0.2) is 22.5 Å².